The SMILES string of the molecule is CC/C=C\C/C=C\C/C=C\C/C=C\C/C=C\C/C=C\CCCCCCC(=O)OCC(COP(=O)(O)OCC(O)COP(=O)(O)OCC(O)COC(=O)CCCCCCCCCCCCCCCCCCC/C=C\C/C=C\C/C=C\C/C=C\CCCCC)OC(=O)CCCCCCC/C=C\C/C=C\CCCCC. The molecule has 0 rings (SSSR count). The molecule has 0 aromatic rings. The van der Waals surface area contributed by atoms with E-state index >= 15 is 0 Å². The van der Waals surface area contributed by atoms with Crippen LogP contribution in [0.25, 0.3) is 0 Å². The Hall–Kier alpha value is -4.57. The topological polar surface area (TPSA) is 231 Å². The van der Waals surface area contributed by atoms with Crippen LogP contribution in [-0.2, 0) is 55.8 Å². The fourth-order valence-electron chi connectivity index (χ4n) is 11.1. The summed E-state index contributed by atoms with van der Waals surface area (Å²) in [4.78, 5) is 58.7. The molecule has 18 heteroatoms. The van der Waals surface area contributed by atoms with Crippen molar-refractivity contribution in [2.45, 2.75) is 360 Å². The van der Waals surface area contributed by atoms with E-state index in [0.717, 1.165) is 148 Å². The van der Waals surface area contributed by atoms with Gasteiger partial charge in [0.15, 0.2) is 6.10 Å². The first-order chi connectivity index (χ1) is 52.2. The smallest absolute Gasteiger partial charge is 0.463 e. The average Bonchev–Trinajstić information content (AvgIpc) is 0.912. The van der Waals surface area contributed by atoms with Crippen molar-refractivity contribution in [3.05, 3.63) is 146 Å². The molecule has 16 nitrogen and oxygen atoms in total. The molecule has 0 spiro atoms. The molecular weight excluding hydrogens is 1390 g/mol. The van der Waals surface area contributed by atoms with Gasteiger partial charge in [-0.2, -0.15) is 0 Å². The van der Waals surface area contributed by atoms with Gasteiger partial charge in [0.2, 0.25) is 0 Å². The van der Waals surface area contributed by atoms with E-state index in [1.54, 1.807) is 0 Å². The van der Waals surface area contributed by atoms with Crippen molar-refractivity contribution in [2.75, 3.05) is 39.6 Å². The molecule has 0 fully saturated rings. The van der Waals surface area contributed by atoms with Crippen molar-refractivity contribution in [3.8, 4) is 0 Å². The maximum atomic E-state index is 13.0. The summed E-state index contributed by atoms with van der Waals surface area (Å²) in [5.41, 5.74) is 0. The van der Waals surface area contributed by atoms with Crippen LogP contribution in [0.3, 0.4) is 0 Å². The Morgan fingerprint density at radius 3 is 0.785 bits per heavy atom. The molecule has 0 saturated heterocycles. The largest absolute Gasteiger partial charge is 0.472 e. The van der Waals surface area contributed by atoms with Crippen molar-refractivity contribution >= 4 is 33.6 Å². The fourth-order valence-corrected chi connectivity index (χ4v) is 12.7. The molecule has 0 aromatic heterocycles. The number of phosphoric ester groups is 2. The second kappa shape index (κ2) is 80.9. The molecule has 107 heavy (non-hydrogen) atoms. The van der Waals surface area contributed by atoms with Crippen molar-refractivity contribution in [1.82, 2.24) is 0 Å². The molecule has 0 aromatic carbocycles. The first-order valence-corrected chi connectivity index (χ1v) is 45.1. The number of phosphoric acid groups is 2. The van der Waals surface area contributed by atoms with Crippen LogP contribution < -0.4 is 0 Å². The number of rotatable bonds is 79. The summed E-state index contributed by atoms with van der Waals surface area (Å²) in [5.74, 6) is -1.62. The van der Waals surface area contributed by atoms with E-state index in [-0.39, 0.29) is 19.3 Å². The van der Waals surface area contributed by atoms with E-state index < -0.39 is 91.5 Å². The van der Waals surface area contributed by atoms with Crippen molar-refractivity contribution in [1.29, 1.82) is 0 Å². The van der Waals surface area contributed by atoms with Gasteiger partial charge in [-0.05, 0) is 148 Å². The van der Waals surface area contributed by atoms with Crippen LogP contribution >= 0.6 is 15.6 Å². The number of ether oxygens (including phenoxy) is 3. The highest BCUT2D eigenvalue weighted by Crippen LogP contribution is 2.45. The number of carbonyl (C=O) groups excluding carboxylic acids is 3. The van der Waals surface area contributed by atoms with Gasteiger partial charge in [0.25, 0.3) is 0 Å². The van der Waals surface area contributed by atoms with Crippen LogP contribution in [0.4, 0.5) is 0 Å². The minimum Gasteiger partial charge on any atom is -0.463 e. The number of carbonyl (C=O) groups is 3. The number of hydrogen-bond acceptors (Lipinski definition) is 14. The molecule has 0 heterocycles. The Labute approximate surface area is 651 Å². The van der Waals surface area contributed by atoms with Gasteiger partial charge in [-0.25, -0.2) is 9.13 Å². The highest BCUT2D eigenvalue weighted by molar-refractivity contribution is 7.47. The molecule has 0 aliphatic heterocycles. The molecule has 5 atom stereocenters. The maximum absolute atomic E-state index is 13.0. The van der Waals surface area contributed by atoms with E-state index in [9.17, 15) is 43.5 Å². The Kier molecular flexibility index (Phi) is 77.5. The lowest BCUT2D eigenvalue weighted by Crippen LogP contribution is -2.30. The van der Waals surface area contributed by atoms with E-state index in [2.05, 4.69) is 167 Å². The van der Waals surface area contributed by atoms with E-state index in [1.165, 1.54) is 135 Å². The molecule has 5 unspecified atom stereocenters. The maximum Gasteiger partial charge on any atom is 0.472 e. The van der Waals surface area contributed by atoms with E-state index in [4.69, 9.17) is 32.3 Å². The molecule has 0 amide bonds. The number of aliphatic hydroxyl groups is 2. The zero-order valence-electron chi connectivity index (χ0n) is 67.3. The highest BCUT2D eigenvalue weighted by atomic mass is 31.2. The Bertz CT molecular complexity index is 2530. The zero-order valence-corrected chi connectivity index (χ0v) is 69.1. The molecular formula is C89H152O16P2. The number of esters is 3. The fraction of sp³-hybridized carbons (Fsp3) is 0.697. The number of allylic oxidation sites excluding steroid dienone is 24. The summed E-state index contributed by atoms with van der Waals surface area (Å²) < 4.78 is 61.2. The van der Waals surface area contributed by atoms with E-state index in [0.29, 0.717) is 19.3 Å². The van der Waals surface area contributed by atoms with Crippen LogP contribution in [0.15, 0.2) is 146 Å². The standard InChI is InChI=1S/C89H152O16P2/c1-4-7-10-13-16-19-22-25-28-30-32-34-36-37-38-39-40-41-42-43-44-45-47-49-50-52-55-57-60-63-66-69-72-75-87(92)99-78-84(90)79-101-106(95,96)102-80-85(91)81-103-107(97,98)104-83-86(105-89(94)77-74-71-68-65-62-59-54-27-24-21-18-15-12-9-6-3)82-100-88(93)76-73-70-67-64-61-58-56-53-51-48-46-35-33-31-29-26-23-20-17-14-11-8-5-2/h8,11,16-21,25-29,32-35,37-38,48,51,54,56,58,84-86,90-91H,4-7,9-10,12-15,22-24,30-31,36,39-47,49-50,52-53,55,57,59-83H2,1-3H3,(H,95,96)(H,97,98)/b11-8-,19-16-,20-17-,21-18-,28-25-,29-26-,34-32-,35-33-,38-37-,51-48-,54-27-,58-56-. The summed E-state index contributed by atoms with van der Waals surface area (Å²) in [5, 5.41) is 20.7. The van der Waals surface area contributed by atoms with Crippen molar-refractivity contribution < 1.29 is 75.8 Å². The first-order valence-electron chi connectivity index (χ1n) is 42.1. The summed E-state index contributed by atoms with van der Waals surface area (Å²) in [6.45, 7) is 2.48. The number of unbranched alkanes of at least 4 members (excludes halogenated alkanes) is 32. The van der Waals surface area contributed by atoms with Gasteiger partial charge in [-0.15, -0.1) is 0 Å². The van der Waals surface area contributed by atoms with Crippen molar-refractivity contribution in [3.63, 3.8) is 0 Å². The summed E-state index contributed by atoms with van der Waals surface area (Å²) in [7, 11) is -9.81. The van der Waals surface area contributed by atoms with Crippen LogP contribution in [0, 0.1) is 0 Å². The second-order valence-corrected chi connectivity index (χ2v) is 30.8. The number of aliphatic hydroxyl groups excluding tert-OH is 2. The predicted molar refractivity (Wildman–Crippen MR) is 445 cm³/mol. The Balaban J connectivity index is 4.49. The molecule has 0 saturated carbocycles. The van der Waals surface area contributed by atoms with Gasteiger partial charge < -0.3 is 34.2 Å². The highest BCUT2D eigenvalue weighted by Gasteiger charge is 2.29. The Morgan fingerprint density at radius 1 is 0.271 bits per heavy atom. The number of hydrogen-bond donors (Lipinski definition) is 4. The van der Waals surface area contributed by atoms with Crippen LogP contribution in [0.1, 0.15) is 342 Å². The summed E-state index contributed by atoms with van der Waals surface area (Å²) in [6.07, 6.45) is 100. The van der Waals surface area contributed by atoms with Crippen LogP contribution in [-0.4, -0.2) is 95.9 Å². The lowest BCUT2D eigenvalue weighted by Gasteiger charge is -2.21. The normalized spacial score (nSPS) is 14.6. The second-order valence-electron chi connectivity index (χ2n) is 27.9. The molecule has 614 valence electrons. The minimum absolute atomic E-state index is 0.0789. The first kappa shape index (κ1) is 102. The van der Waals surface area contributed by atoms with Crippen LogP contribution in [0.2, 0.25) is 0 Å². The zero-order chi connectivity index (χ0) is 78.0. The minimum atomic E-state index is -4.95. The quantitative estimate of drug-likeness (QED) is 0.0146. The van der Waals surface area contributed by atoms with Crippen LogP contribution in [0.5, 0.6) is 0 Å². The summed E-state index contributed by atoms with van der Waals surface area (Å²) >= 11 is 0. The van der Waals surface area contributed by atoms with Gasteiger partial charge in [0, 0.05) is 19.3 Å². The molecule has 0 bridgehead atoms. The van der Waals surface area contributed by atoms with Gasteiger partial charge in [0.05, 0.1) is 26.4 Å². The van der Waals surface area contributed by atoms with Gasteiger partial charge in [-0.3, -0.25) is 32.5 Å². The average molecular weight is 1540 g/mol. The van der Waals surface area contributed by atoms with Gasteiger partial charge in [0.1, 0.15) is 25.4 Å². The van der Waals surface area contributed by atoms with Gasteiger partial charge in [-0.1, -0.05) is 321 Å². The monoisotopic (exact) mass is 1540 g/mol. The lowest BCUT2D eigenvalue weighted by molar-refractivity contribution is -0.161. The lowest BCUT2D eigenvalue weighted by atomic mass is 10.0. The molecule has 4 N–H and O–H groups in total. The Morgan fingerprint density at radius 2 is 0.495 bits per heavy atom. The van der Waals surface area contributed by atoms with Gasteiger partial charge >= 0.3 is 33.6 Å². The molecule has 0 aliphatic rings. The third kappa shape index (κ3) is 82.2. The van der Waals surface area contributed by atoms with E-state index in [1.807, 2.05) is 0 Å². The predicted octanol–water partition coefficient (Wildman–Crippen LogP) is 25.2. The molecule has 0 aliphatic carbocycles. The summed E-state index contributed by atoms with van der Waals surface area (Å²) in [6, 6.07) is 0. The molecule has 0 radical (unpaired) electrons. The van der Waals surface area contributed by atoms with Crippen molar-refractivity contribution in [2.24, 2.45) is 0 Å². The third-order valence-electron chi connectivity index (χ3n) is 17.5. The third-order valence-corrected chi connectivity index (χ3v) is 19.4.